The Kier molecular flexibility index (Phi) is 3.47. The summed E-state index contributed by atoms with van der Waals surface area (Å²) in [4.78, 5) is 2.26. The number of likely N-dealkylation sites (tertiary alicyclic amines) is 1. The highest BCUT2D eigenvalue weighted by Gasteiger charge is 2.27. The van der Waals surface area contributed by atoms with Crippen molar-refractivity contribution in [3.05, 3.63) is 34.6 Å². The molecule has 2 rings (SSSR count). The molecule has 0 spiro atoms. The van der Waals surface area contributed by atoms with Crippen LogP contribution >= 0.6 is 11.6 Å². The van der Waals surface area contributed by atoms with Crippen LogP contribution in [0.25, 0.3) is 0 Å². The van der Waals surface area contributed by atoms with E-state index in [1.165, 1.54) is 12.1 Å². The van der Waals surface area contributed by atoms with Gasteiger partial charge in [0, 0.05) is 30.2 Å². The zero-order valence-corrected chi connectivity index (χ0v) is 10.0. The van der Waals surface area contributed by atoms with Crippen molar-refractivity contribution in [1.29, 1.82) is 0 Å². The maximum absolute atomic E-state index is 13.1. The molecular weight excluding hydrogens is 227 g/mol. The minimum absolute atomic E-state index is 0.226. The van der Waals surface area contributed by atoms with Crippen molar-refractivity contribution in [1.82, 2.24) is 4.90 Å². The molecule has 2 unspecified atom stereocenters. The zero-order chi connectivity index (χ0) is 11.7. The molecular formula is C12H16ClFN2. The molecule has 1 aromatic carbocycles. The van der Waals surface area contributed by atoms with Gasteiger partial charge >= 0.3 is 0 Å². The van der Waals surface area contributed by atoms with Gasteiger partial charge in [-0.2, -0.15) is 0 Å². The quantitative estimate of drug-likeness (QED) is 0.863. The van der Waals surface area contributed by atoms with Crippen molar-refractivity contribution in [2.24, 2.45) is 5.73 Å². The molecule has 0 radical (unpaired) electrons. The average molecular weight is 243 g/mol. The van der Waals surface area contributed by atoms with E-state index in [1.807, 2.05) is 0 Å². The third kappa shape index (κ3) is 2.54. The predicted molar refractivity (Wildman–Crippen MR) is 63.9 cm³/mol. The normalized spacial score (nSPS) is 26.2. The molecule has 0 saturated carbocycles. The maximum atomic E-state index is 13.1. The van der Waals surface area contributed by atoms with Crippen molar-refractivity contribution in [3.8, 4) is 0 Å². The number of hydrogen-bond acceptors (Lipinski definition) is 2. The molecule has 4 heteroatoms. The Bertz CT molecular complexity index is 363. The van der Waals surface area contributed by atoms with E-state index < -0.39 is 0 Å². The Morgan fingerprint density at radius 3 is 2.81 bits per heavy atom. The van der Waals surface area contributed by atoms with Gasteiger partial charge in [-0.25, -0.2) is 4.39 Å². The molecule has 0 bridgehead atoms. The highest BCUT2D eigenvalue weighted by atomic mass is 35.5. The van der Waals surface area contributed by atoms with Gasteiger partial charge in [-0.1, -0.05) is 11.6 Å². The summed E-state index contributed by atoms with van der Waals surface area (Å²) in [6.07, 6.45) is 1.00. The maximum Gasteiger partial charge on any atom is 0.125 e. The fourth-order valence-corrected chi connectivity index (χ4v) is 2.43. The highest BCUT2D eigenvalue weighted by molar-refractivity contribution is 6.30. The molecule has 1 aliphatic rings. The van der Waals surface area contributed by atoms with E-state index in [0.717, 1.165) is 18.5 Å². The summed E-state index contributed by atoms with van der Waals surface area (Å²) in [6.45, 7) is 3.79. The highest BCUT2D eigenvalue weighted by Crippen LogP contribution is 2.21. The largest absolute Gasteiger partial charge is 0.326 e. The third-order valence-electron chi connectivity index (χ3n) is 3.25. The summed E-state index contributed by atoms with van der Waals surface area (Å²) in [6, 6.07) is 5.24. The van der Waals surface area contributed by atoms with Crippen molar-refractivity contribution in [2.75, 3.05) is 6.54 Å². The Labute approximate surface area is 100 Å². The van der Waals surface area contributed by atoms with Crippen LogP contribution in [0.15, 0.2) is 18.2 Å². The molecule has 1 fully saturated rings. The molecule has 1 aliphatic heterocycles. The van der Waals surface area contributed by atoms with Gasteiger partial charge in [0.2, 0.25) is 0 Å². The molecule has 88 valence electrons. The first-order valence-corrected chi connectivity index (χ1v) is 5.88. The number of rotatable bonds is 2. The van der Waals surface area contributed by atoms with Gasteiger partial charge < -0.3 is 5.73 Å². The summed E-state index contributed by atoms with van der Waals surface area (Å²) < 4.78 is 13.1. The molecule has 16 heavy (non-hydrogen) atoms. The van der Waals surface area contributed by atoms with Crippen LogP contribution in [0.5, 0.6) is 0 Å². The first-order chi connectivity index (χ1) is 7.56. The molecule has 2 N–H and O–H groups in total. The number of benzene rings is 1. The second kappa shape index (κ2) is 4.70. The third-order valence-corrected chi connectivity index (χ3v) is 3.47. The second-order valence-electron chi connectivity index (χ2n) is 4.44. The van der Waals surface area contributed by atoms with E-state index in [2.05, 4.69) is 11.8 Å². The van der Waals surface area contributed by atoms with E-state index >= 15 is 0 Å². The van der Waals surface area contributed by atoms with Gasteiger partial charge in [-0.3, -0.25) is 4.90 Å². The number of halogens is 2. The lowest BCUT2D eigenvalue weighted by atomic mass is 10.1. The first kappa shape index (κ1) is 11.8. The fourth-order valence-electron chi connectivity index (χ4n) is 2.19. The van der Waals surface area contributed by atoms with Crippen molar-refractivity contribution in [2.45, 2.75) is 32.0 Å². The lowest BCUT2D eigenvalue weighted by Crippen LogP contribution is -2.36. The van der Waals surface area contributed by atoms with E-state index in [4.69, 9.17) is 17.3 Å². The molecule has 1 heterocycles. The average Bonchev–Trinajstić information content (AvgIpc) is 2.48. The summed E-state index contributed by atoms with van der Waals surface area (Å²) in [5.41, 5.74) is 6.85. The van der Waals surface area contributed by atoms with E-state index in [0.29, 0.717) is 17.6 Å². The Morgan fingerprint density at radius 1 is 1.50 bits per heavy atom. The SMILES string of the molecule is CC1C(N)CCN1Cc1cc(F)cc(Cl)c1. The second-order valence-corrected chi connectivity index (χ2v) is 4.88. The smallest absolute Gasteiger partial charge is 0.125 e. The van der Waals surface area contributed by atoms with Crippen molar-refractivity contribution >= 4 is 11.6 Å². The summed E-state index contributed by atoms with van der Waals surface area (Å²) in [7, 11) is 0. The minimum Gasteiger partial charge on any atom is -0.326 e. The molecule has 2 nitrogen and oxygen atoms in total. The lowest BCUT2D eigenvalue weighted by molar-refractivity contribution is 0.251. The summed E-state index contributed by atoms with van der Waals surface area (Å²) >= 11 is 5.82. The lowest BCUT2D eigenvalue weighted by Gasteiger charge is -2.22. The van der Waals surface area contributed by atoms with E-state index in [-0.39, 0.29) is 11.9 Å². The van der Waals surface area contributed by atoms with Crippen LogP contribution in [0.1, 0.15) is 18.9 Å². The summed E-state index contributed by atoms with van der Waals surface area (Å²) in [5.74, 6) is -0.279. The standard InChI is InChI=1S/C12H16ClFN2/c1-8-12(15)2-3-16(8)7-9-4-10(13)6-11(14)5-9/h4-6,8,12H,2-3,7,15H2,1H3. The van der Waals surface area contributed by atoms with E-state index in [1.54, 1.807) is 6.07 Å². The molecule has 0 aliphatic carbocycles. The van der Waals surface area contributed by atoms with Crippen molar-refractivity contribution in [3.63, 3.8) is 0 Å². The Hall–Kier alpha value is -0.640. The minimum atomic E-state index is -0.279. The molecule has 1 saturated heterocycles. The fraction of sp³-hybridized carbons (Fsp3) is 0.500. The topological polar surface area (TPSA) is 29.3 Å². The van der Waals surface area contributed by atoms with Crippen LogP contribution in [-0.4, -0.2) is 23.5 Å². The van der Waals surface area contributed by atoms with Gasteiger partial charge in [0.1, 0.15) is 5.82 Å². The zero-order valence-electron chi connectivity index (χ0n) is 9.29. The van der Waals surface area contributed by atoms with Gasteiger partial charge in [-0.05, 0) is 37.1 Å². The van der Waals surface area contributed by atoms with Crippen molar-refractivity contribution < 1.29 is 4.39 Å². The first-order valence-electron chi connectivity index (χ1n) is 5.51. The number of nitrogens with zero attached hydrogens (tertiary/aromatic N) is 1. The van der Waals surface area contributed by atoms with Crippen LogP contribution in [0.2, 0.25) is 5.02 Å². The number of hydrogen-bond donors (Lipinski definition) is 1. The molecule has 0 amide bonds. The van der Waals surface area contributed by atoms with E-state index in [9.17, 15) is 4.39 Å². The molecule has 1 aromatic rings. The Morgan fingerprint density at radius 2 is 2.25 bits per heavy atom. The van der Waals surface area contributed by atoms with Gasteiger partial charge in [0.25, 0.3) is 0 Å². The predicted octanol–water partition coefficient (Wildman–Crippen LogP) is 2.40. The molecule has 0 aromatic heterocycles. The molecule has 2 atom stereocenters. The van der Waals surface area contributed by atoms with Crippen LogP contribution < -0.4 is 5.73 Å². The van der Waals surface area contributed by atoms with Gasteiger partial charge in [0.15, 0.2) is 0 Å². The van der Waals surface area contributed by atoms with Gasteiger partial charge in [-0.15, -0.1) is 0 Å². The number of nitrogens with two attached hydrogens (primary N) is 1. The van der Waals surface area contributed by atoms with Crippen LogP contribution in [0.3, 0.4) is 0 Å². The Balaban J connectivity index is 2.09. The van der Waals surface area contributed by atoms with Crippen LogP contribution in [0, 0.1) is 5.82 Å². The van der Waals surface area contributed by atoms with Crippen LogP contribution in [0.4, 0.5) is 4.39 Å². The van der Waals surface area contributed by atoms with Crippen LogP contribution in [-0.2, 0) is 6.54 Å². The summed E-state index contributed by atoms with van der Waals surface area (Å²) in [5, 5.41) is 0.450. The monoisotopic (exact) mass is 242 g/mol. The van der Waals surface area contributed by atoms with Gasteiger partial charge in [0.05, 0.1) is 0 Å².